The molecule has 7 nitrogen and oxygen atoms in total. The molecule has 0 bridgehead atoms. The largest absolute Gasteiger partial charge is 0.355 e. The van der Waals surface area contributed by atoms with E-state index in [0.29, 0.717) is 18.0 Å². The van der Waals surface area contributed by atoms with Crippen molar-refractivity contribution >= 4 is 5.91 Å². The number of hydrogen-bond acceptors (Lipinski definition) is 5. The maximum atomic E-state index is 12.9. The standard InChI is InChI=1S/C22H19N5O2/c28-22(20-18-11-10-15-6-4-5-9-17(15)21(18)29-26-20)24-12-19(27-14-23-13-25-27)16-7-2-1-3-8-16/h1-9,13-14,19H,10-12H2,(H,24,28). The van der Waals surface area contributed by atoms with E-state index in [4.69, 9.17) is 4.52 Å². The second-order valence-electron chi connectivity index (χ2n) is 7.01. The van der Waals surface area contributed by atoms with E-state index in [9.17, 15) is 4.79 Å². The van der Waals surface area contributed by atoms with Gasteiger partial charge < -0.3 is 9.84 Å². The first-order valence-corrected chi connectivity index (χ1v) is 9.55. The smallest absolute Gasteiger partial charge is 0.273 e. The van der Waals surface area contributed by atoms with Crippen molar-refractivity contribution in [2.24, 2.45) is 0 Å². The van der Waals surface area contributed by atoms with Crippen LogP contribution < -0.4 is 5.32 Å². The highest BCUT2D eigenvalue weighted by Gasteiger charge is 2.28. The highest BCUT2D eigenvalue weighted by molar-refractivity contribution is 5.95. The number of benzene rings is 2. The van der Waals surface area contributed by atoms with Crippen molar-refractivity contribution in [2.75, 3.05) is 6.54 Å². The molecule has 1 aliphatic carbocycles. The Morgan fingerprint density at radius 3 is 2.76 bits per heavy atom. The summed E-state index contributed by atoms with van der Waals surface area (Å²) in [5.41, 5.74) is 4.51. The van der Waals surface area contributed by atoms with E-state index in [0.717, 1.165) is 29.5 Å². The van der Waals surface area contributed by atoms with Crippen molar-refractivity contribution in [3.63, 3.8) is 0 Å². The van der Waals surface area contributed by atoms with Crippen LogP contribution in [0.5, 0.6) is 0 Å². The van der Waals surface area contributed by atoms with Crippen LogP contribution in [0.15, 0.2) is 71.8 Å². The topological polar surface area (TPSA) is 85.8 Å². The zero-order valence-electron chi connectivity index (χ0n) is 15.7. The number of hydrogen-bond donors (Lipinski definition) is 1. The molecule has 2 heterocycles. The van der Waals surface area contributed by atoms with Crippen molar-refractivity contribution in [3.05, 3.63) is 89.6 Å². The maximum absolute atomic E-state index is 12.9. The summed E-state index contributed by atoms with van der Waals surface area (Å²) in [5, 5.41) is 11.3. The molecule has 1 atom stereocenters. The molecule has 0 spiro atoms. The summed E-state index contributed by atoms with van der Waals surface area (Å²) < 4.78 is 7.30. The first-order valence-electron chi connectivity index (χ1n) is 9.55. The number of amides is 1. The fourth-order valence-electron chi connectivity index (χ4n) is 3.84. The Labute approximate surface area is 167 Å². The van der Waals surface area contributed by atoms with Gasteiger partial charge in [0.15, 0.2) is 11.5 Å². The number of aromatic nitrogens is 4. The Morgan fingerprint density at radius 1 is 1.10 bits per heavy atom. The third-order valence-electron chi connectivity index (χ3n) is 5.31. The molecule has 0 aliphatic heterocycles. The number of nitrogens with zero attached hydrogens (tertiary/aromatic N) is 4. The van der Waals surface area contributed by atoms with Gasteiger partial charge in [0.1, 0.15) is 12.7 Å². The normalized spacial score (nSPS) is 13.4. The fraction of sp³-hybridized carbons (Fsp3) is 0.182. The van der Waals surface area contributed by atoms with Gasteiger partial charge in [0.25, 0.3) is 5.91 Å². The van der Waals surface area contributed by atoms with Gasteiger partial charge in [-0.2, -0.15) is 5.10 Å². The number of fused-ring (bicyclic) bond motifs is 3. The van der Waals surface area contributed by atoms with Crippen LogP contribution >= 0.6 is 0 Å². The molecule has 7 heteroatoms. The van der Waals surface area contributed by atoms with Crippen LogP contribution in [0.3, 0.4) is 0 Å². The van der Waals surface area contributed by atoms with E-state index < -0.39 is 0 Å². The number of carbonyl (C=O) groups excluding carboxylic acids is 1. The van der Waals surface area contributed by atoms with Crippen molar-refractivity contribution in [3.8, 4) is 11.3 Å². The average molecular weight is 385 g/mol. The lowest BCUT2D eigenvalue weighted by Crippen LogP contribution is -2.32. The van der Waals surface area contributed by atoms with Gasteiger partial charge >= 0.3 is 0 Å². The zero-order chi connectivity index (χ0) is 19.6. The van der Waals surface area contributed by atoms with Gasteiger partial charge in [-0.25, -0.2) is 9.67 Å². The lowest BCUT2D eigenvalue weighted by atomic mass is 9.89. The third-order valence-corrected chi connectivity index (χ3v) is 5.31. The van der Waals surface area contributed by atoms with Crippen LogP contribution in [-0.4, -0.2) is 32.4 Å². The summed E-state index contributed by atoms with van der Waals surface area (Å²) in [7, 11) is 0. The van der Waals surface area contributed by atoms with E-state index in [1.807, 2.05) is 48.5 Å². The molecule has 1 unspecified atom stereocenters. The van der Waals surface area contributed by atoms with Gasteiger partial charge in [0, 0.05) is 17.7 Å². The molecule has 0 saturated heterocycles. The van der Waals surface area contributed by atoms with Gasteiger partial charge in [-0.05, 0) is 24.0 Å². The van der Waals surface area contributed by atoms with Gasteiger partial charge in [-0.15, -0.1) is 0 Å². The molecule has 2 aromatic heterocycles. The van der Waals surface area contributed by atoms with Gasteiger partial charge in [-0.1, -0.05) is 59.8 Å². The Morgan fingerprint density at radius 2 is 1.93 bits per heavy atom. The average Bonchev–Trinajstić information content (AvgIpc) is 3.45. The van der Waals surface area contributed by atoms with Crippen LogP contribution in [0.2, 0.25) is 0 Å². The van der Waals surface area contributed by atoms with Crippen LogP contribution in [0, 0.1) is 0 Å². The molecule has 29 heavy (non-hydrogen) atoms. The highest BCUT2D eigenvalue weighted by Crippen LogP contribution is 2.35. The highest BCUT2D eigenvalue weighted by atomic mass is 16.5. The van der Waals surface area contributed by atoms with E-state index in [-0.39, 0.29) is 11.9 Å². The molecule has 5 rings (SSSR count). The number of rotatable bonds is 5. The number of nitrogens with one attached hydrogen (secondary N) is 1. The van der Waals surface area contributed by atoms with E-state index in [2.05, 4.69) is 26.6 Å². The zero-order valence-corrected chi connectivity index (χ0v) is 15.7. The van der Waals surface area contributed by atoms with E-state index >= 15 is 0 Å². The summed E-state index contributed by atoms with van der Waals surface area (Å²) in [4.78, 5) is 17.0. The summed E-state index contributed by atoms with van der Waals surface area (Å²) in [6.07, 6.45) is 4.75. The SMILES string of the molecule is O=C(NCC(c1ccccc1)n1cncn1)c1noc2c1CCc1ccccc1-2. The number of aryl methyl sites for hydroxylation is 1. The second kappa shape index (κ2) is 7.35. The molecule has 1 N–H and O–H groups in total. The Kier molecular flexibility index (Phi) is 4.40. The van der Waals surface area contributed by atoms with Gasteiger partial charge in [0.05, 0.1) is 6.04 Å². The van der Waals surface area contributed by atoms with E-state index in [1.165, 1.54) is 11.9 Å². The molecule has 1 amide bonds. The van der Waals surface area contributed by atoms with Crippen LogP contribution in [0.1, 0.15) is 33.2 Å². The summed E-state index contributed by atoms with van der Waals surface area (Å²) in [6, 6.07) is 17.8. The Hall–Kier alpha value is -3.74. The van der Waals surface area contributed by atoms with Crippen LogP contribution in [0.25, 0.3) is 11.3 Å². The molecule has 144 valence electrons. The summed E-state index contributed by atoms with van der Waals surface area (Å²) in [5.74, 6) is 0.461. The van der Waals surface area contributed by atoms with E-state index in [1.54, 1.807) is 11.0 Å². The minimum atomic E-state index is -0.240. The van der Waals surface area contributed by atoms with Crippen LogP contribution in [-0.2, 0) is 12.8 Å². The van der Waals surface area contributed by atoms with Crippen LogP contribution in [0.4, 0.5) is 0 Å². The monoisotopic (exact) mass is 385 g/mol. The molecule has 1 aliphatic rings. The molecule has 4 aromatic rings. The first kappa shape index (κ1) is 17.4. The Bertz CT molecular complexity index is 1140. The minimum absolute atomic E-state index is 0.161. The molecular weight excluding hydrogens is 366 g/mol. The molecule has 0 fully saturated rings. The summed E-state index contributed by atoms with van der Waals surface area (Å²) in [6.45, 7) is 0.366. The van der Waals surface area contributed by atoms with Crippen molar-refractivity contribution in [2.45, 2.75) is 18.9 Å². The molecule has 2 aromatic carbocycles. The molecular formula is C22H19N5O2. The van der Waals surface area contributed by atoms with Crippen molar-refractivity contribution in [1.29, 1.82) is 0 Å². The number of carbonyl (C=O) groups is 1. The third kappa shape index (κ3) is 3.20. The molecule has 0 radical (unpaired) electrons. The minimum Gasteiger partial charge on any atom is -0.355 e. The summed E-state index contributed by atoms with van der Waals surface area (Å²) >= 11 is 0. The van der Waals surface area contributed by atoms with Gasteiger partial charge in [0.2, 0.25) is 0 Å². The first-order chi connectivity index (χ1) is 14.3. The van der Waals surface area contributed by atoms with Gasteiger partial charge in [-0.3, -0.25) is 4.79 Å². The van der Waals surface area contributed by atoms with Crippen molar-refractivity contribution < 1.29 is 9.32 Å². The lowest BCUT2D eigenvalue weighted by molar-refractivity contribution is 0.0939. The quantitative estimate of drug-likeness (QED) is 0.571. The lowest BCUT2D eigenvalue weighted by Gasteiger charge is -2.18. The second-order valence-corrected chi connectivity index (χ2v) is 7.01. The molecule has 0 saturated carbocycles. The fourth-order valence-corrected chi connectivity index (χ4v) is 3.84. The predicted molar refractivity (Wildman–Crippen MR) is 106 cm³/mol. The van der Waals surface area contributed by atoms with Crippen molar-refractivity contribution in [1.82, 2.24) is 25.2 Å². The Balaban J connectivity index is 1.38. The maximum Gasteiger partial charge on any atom is 0.273 e. The predicted octanol–water partition coefficient (Wildman–Crippen LogP) is 3.05.